The number of hydrogen-bond donors (Lipinski definition) is 1. The summed E-state index contributed by atoms with van der Waals surface area (Å²) in [6, 6.07) is 7.24. The first-order valence-corrected chi connectivity index (χ1v) is 10.4. The number of rotatable bonds is 6. The molecule has 1 N–H and O–H groups in total. The lowest BCUT2D eigenvalue weighted by Gasteiger charge is -2.44. The van der Waals surface area contributed by atoms with E-state index >= 15 is 0 Å². The number of halogens is 1. The van der Waals surface area contributed by atoms with Gasteiger partial charge in [-0.2, -0.15) is 0 Å². The van der Waals surface area contributed by atoms with Gasteiger partial charge in [-0.25, -0.2) is 9.07 Å². The summed E-state index contributed by atoms with van der Waals surface area (Å²) in [4.78, 5) is 15.0. The molecule has 1 aromatic carbocycles. The summed E-state index contributed by atoms with van der Waals surface area (Å²) in [6.45, 7) is 3.39. The van der Waals surface area contributed by atoms with E-state index in [2.05, 4.69) is 20.5 Å². The van der Waals surface area contributed by atoms with Crippen LogP contribution in [0.15, 0.2) is 30.5 Å². The molecule has 2 fully saturated rings. The largest absolute Gasteiger partial charge is 0.351 e. The topological polar surface area (TPSA) is 63.1 Å². The maximum absolute atomic E-state index is 13.8. The maximum atomic E-state index is 13.8. The van der Waals surface area contributed by atoms with Gasteiger partial charge in [-0.3, -0.25) is 4.79 Å². The van der Waals surface area contributed by atoms with Gasteiger partial charge in [0.15, 0.2) is 5.69 Å². The predicted octanol–water partition coefficient (Wildman–Crippen LogP) is 2.85. The molecular weight excluding hydrogens is 357 g/mol. The van der Waals surface area contributed by atoms with Crippen LogP contribution >= 0.6 is 0 Å². The van der Waals surface area contributed by atoms with Crippen LogP contribution in [0.5, 0.6) is 0 Å². The van der Waals surface area contributed by atoms with E-state index in [-0.39, 0.29) is 24.0 Å². The van der Waals surface area contributed by atoms with Crippen LogP contribution in [0.2, 0.25) is 0 Å². The molecule has 0 aliphatic carbocycles. The molecule has 1 aromatic heterocycles. The van der Waals surface area contributed by atoms with Crippen LogP contribution in [0.25, 0.3) is 0 Å². The third-order valence-electron chi connectivity index (χ3n) is 6.09. The van der Waals surface area contributed by atoms with Gasteiger partial charge in [0.05, 0.1) is 12.7 Å². The van der Waals surface area contributed by atoms with Gasteiger partial charge < -0.3 is 10.2 Å². The lowest BCUT2D eigenvalue weighted by Crippen LogP contribution is -2.48. The van der Waals surface area contributed by atoms with Crippen molar-refractivity contribution in [1.82, 2.24) is 25.2 Å². The number of carbonyl (C=O) groups is 1. The van der Waals surface area contributed by atoms with Crippen molar-refractivity contribution in [2.45, 2.75) is 51.1 Å². The van der Waals surface area contributed by atoms with Gasteiger partial charge in [-0.1, -0.05) is 29.8 Å². The number of piperidine rings is 2. The van der Waals surface area contributed by atoms with Gasteiger partial charge in [-0.05, 0) is 57.2 Å². The second-order valence-electron chi connectivity index (χ2n) is 7.94. The molecule has 2 saturated heterocycles. The highest BCUT2D eigenvalue weighted by Gasteiger charge is 2.32. The van der Waals surface area contributed by atoms with Crippen LogP contribution in [0.3, 0.4) is 0 Å². The molecule has 7 heteroatoms. The molecule has 2 aliphatic heterocycles. The van der Waals surface area contributed by atoms with E-state index < -0.39 is 0 Å². The zero-order valence-electron chi connectivity index (χ0n) is 16.2. The zero-order chi connectivity index (χ0) is 19.3. The molecule has 2 aliphatic rings. The Bertz CT molecular complexity index is 806. The maximum Gasteiger partial charge on any atom is 0.273 e. The molecule has 0 saturated carbocycles. The highest BCUT2D eigenvalue weighted by atomic mass is 19.1. The van der Waals surface area contributed by atoms with E-state index in [4.69, 9.17) is 0 Å². The standard InChI is InChI=1S/C21H28FN5O/c22-18-8-2-1-6-17(18)14-27-15-19(24-25-27)21(28)23-11-10-16-7-5-13-26-12-4-3-9-20(16)26/h1-2,6,8,15-16,20H,3-5,7,9-14H2,(H,23,28)/t16?,20-/m0/s1. The first-order valence-electron chi connectivity index (χ1n) is 10.4. The van der Waals surface area contributed by atoms with E-state index in [1.54, 1.807) is 24.4 Å². The minimum Gasteiger partial charge on any atom is -0.351 e. The molecule has 0 spiro atoms. The molecule has 4 rings (SSSR count). The van der Waals surface area contributed by atoms with E-state index in [9.17, 15) is 9.18 Å². The van der Waals surface area contributed by atoms with E-state index in [0.29, 0.717) is 24.1 Å². The number of benzene rings is 1. The summed E-state index contributed by atoms with van der Waals surface area (Å²) in [6.07, 6.45) is 9.05. The average Bonchev–Trinajstić information content (AvgIpc) is 3.19. The number of nitrogens with zero attached hydrogens (tertiary/aromatic N) is 4. The summed E-state index contributed by atoms with van der Waals surface area (Å²) in [5.74, 6) is 0.176. The van der Waals surface area contributed by atoms with Crippen molar-refractivity contribution in [2.75, 3.05) is 19.6 Å². The number of amides is 1. The summed E-state index contributed by atoms with van der Waals surface area (Å²) >= 11 is 0. The molecule has 0 bridgehead atoms. The number of aromatic nitrogens is 3. The number of hydrogen-bond acceptors (Lipinski definition) is 4. The minimum absolute atomic E-state index is 0.212. The highest BCUT2D eigenvalue weighted by Crippen LogP contribution is 2.32. The lowest BCUT2D eigenvalue weighted by atomic mass is 9.82. The Morgan fingerprint density at radius 3 is 2.93 bits per heavy atom. The molecule has 1 unspecified atom stereocenters. The van der Waals surface area contributed by atoms with Gasteiger partial charge in [0.1, 0.15) is 5.82 Å². The summed E-state index contributed by atoms with van der Waals surface area (Å²) in [7, 11) is 0. The Balaban J connectivity index is 1.27. The minimum atomic E-state index is -0.284. The number of carbonyl (C=O) groups excluding carboxylic acids is 1. The summed E-state index contributed by atoms with van der Waals surface area (Å²) < 4.78 is 15.3. The third kappa shape index (κ3) is 4.41. The lowest BCUT2D eigenvalue weighted by molar-refractivity contribution is 0.0554. The quantitative estimate of drug-likeness (QED) is 0.831. The molecule has 6 nitrogen and oxygen atoms in total. The second kappa shape index (κ2) is 8.82. The van der Waals surface area contributed by atoms with E-state index in [1.807, 2.05) is 0 Å². The molecule has 28 heavy (non-hydrogen) atoms. The van der Waals surface area contributed by atoms with Crippen molar-refractivity contribution >= 4 is 5.91 Å². The third-order valence-corrected chi connectivity index (χ3v) is 6.09. The normalized spacial score (nSPS) is 22.6. The Labute approximate surface area is 165 Å². The van der Waals surface area contributed by atoms with Crippen molar-refractivity contribution in [1.29, 1.82) is 0 Å². The van der Waals surface area contributed by atoms with Gasteiger partial charge >= 0.3 is 0 Å². The molecular formula is C21H28FN5O. The molecule has 1 amide bonds. The van der Waals surface area contributed by atoms with Gasteiger partial charge in [0.25, 0.3) is 5.91 Å². The number of fused-ring (bicyclic) bond motifs is 1. The van der Waals surface area contributed by atoms with Gasteiger partial charge in [-0.15, -0.1) is 5.10 Å². The van der Waals surface area contributed by atoms with Crippen molar-refractivity contribution in [3.8, 4) is 0 Å². The fourth-order valence-electron chi connectivity index (χ4n) is 4.66. The fraction of sp³-hybridized carbons (Fsp3) is 0.571. The SMILES string of the molecule is O=C(NCCC1CCCN2CCCC[C@@H]12)c1cn(Cc2ccccc2F)nn1. The smallest absolute Gasteiger partial charge is 0.273 e. The van der Waals surface area contributed by atoms with Crippen molar-refractivity contribution in [2.24, 2.45) is 5.92 Å². The van der Waals surface area contributed by atoms with Crippen molar-refractivity contribution < 1.29 is 9.18 Å². The average molecular weight is 385 g/mol. The molecule has 2 atom stereocenters. The molecule has 2 aromatic rings. The Morgan fingerprint density at radius 2 is 2.04 bits per heavy atom. The Kier molecular flexibility index (Phi) is 6.00. The number of nitrogens with one attached hydrogen (secondary N) is 1. The van der Waals surface area contributed by atoms with Crippen LogP contribution in [-0.4, -0.2) is 51.5 Å². The highest BCUT2D eigenvalue weighted by molar-refractivity contribution is 5.91. The van der Waals surface area contributed by atoms with Crippen LogP contribution < -0.4 is 5.32 Å². The Morgan fingerprint density at radius 1 is 1.18 bits per heavy atom. The predicted molar refractivity (Wildman–Crippen MR) is 104 cm³/mol. The van der Waals surface area contributed by atoms with Crippen molar-refractivity contribution in [3.05, 3.63) is 47.5 Å². The Hall–Kier alpha value is -2.28. The summed E-state index contributed by atoms with van der Waals surface area (Å²) in [5, 5.41) is 10.9. The van der Waals surface area contributed by atoms with E-state index in [0.717, 1.165) is 6.42 Å². The van der Waals surface area contributed by atoms with Crippen molar-refractivity contribution in [3.63, 3.8) is 0 Å². The van der Waals surface area contributed by atoms with E-state index in [1.165, 1.54) is 55.9 Å². The van der Waals surface area contributed by atoms with Crippen LogP contribution in [0.4, 0.5) is 4.39 Å². The van der Waals surface area contributed by atoms with Crippen LogP contribution in [0.1, 0.15) is 54.6 Å². The van der Waals surface area contributed by atoms with Crippen LogP contribution in [-0.2, 0) is 6.54 Å². The monoisotopic (exact) mass is 385 g/mol. The molecule has 3 heterocycles. The van der Waals surface area contributed by atoms with Gasteiger partial charge in [0, 0.05) is 18.2 Å². The molecule has 150 valence electrons. The second-order valence-corrected chi connectivity index (χ2v) is 7.94. The van der Waals surface area contributed by atoms with Crippen LogP contribution in [0, 0.1) is 11.7 Å². The fourth-order valence-corrected chi connectivity index (χ4v) is 4.66. The zero-order valence-corrected chi connectivity index (χ0v) is 16.2. The first kappa shape index (κ1) is 19.1. The first-order chi connectivity index (χ1) is 13.7. The molecule has 0 radical (unpaired) electrons. The van der Waals surface area contributed by atoms with Gasteiger partial charge in [0.2, 0.25) is 0 Å². The summed E-state index contributed by atoms with van der Waals surface area (Å²) in [5.41, 5.74) is 0.799.